The summed E-state index contributed by atoms with van der Waals surface area (Å²) in [6.07, 6.45) is 4.74. The number of hydrogen-bond acceptors (Lipinski definition) is 2. The Hall–Kier alpha value is -0.630. The smallest absolute Gasteiger partial charge is 0.0824 e. The molecule has 0 aromatic carbocycles. The Morgan fingerprint density at radius 2 is 2.56 bits per heavy atom. The Balaban J connectivity index is 2.17. The first-order valence-corrected chi connectivity index (χ1v) is 3.26. The minimum Gasteiger partial charge on any atom is -0.388 e. The fraction of sp³-hybridized carbons (Fsp3) is 0.571. The summed E-state index contributed by atoms with van der Waals surface area (Å²) in [5, 5.41) is 9.12. The van der Waals surface area contributed by atoms with Crippen LogP contribution in [0.15, 0.2) is 16.6 Å². The van der Waals surface area contributed by atoms with Crippen LogP contribution < -0.4 is 0 Å². The Bertz CT molecular complexity index is 183. The van der Waals surface area contributed by atoms with E-state index in [1.165, 1.54) is 5.57 Å². The van der Waals surface area contributed by atoms with Crippen molar-refractivity contribution in [3.05, 3.63) is 11.6 Å². The molecular weight excluding hydrogens is 114 g/mol. The monoisotopic (exact) mass is 123 g/mol. The summed E-state index contributed by atoms with van der Waals surface area (Å²) in [4.78, 5) is 4.07. The largest absolute Gasteiger partial charge is 0.388 e. The Morgan fingerprint density at radius 3 is 3.44 bits per heavy atom. The highest BCUT2D eigenvalue weighted by Gasteiger charge is 2.41. The number of aliphatic hydroxyl groups is 1. The lowest BCUT2D eigenvalue weighted by molar-refractivity contribution is 0.268. The van der Waals surface area contributed by atoms with Crippen LogP contribution in [0.4, 0.5) is 0 Å². The fourth-order valence-electron chi connectivity index (χ4n) is 1.28. The van der Waals surface area contributed by atoms with Crippen molar-refractivity contribution in [1.29, 1.82) is 0 Å². The fourth-order valence-corrected chi connectivity index (χ4v) is 1.28. The van der Waals surface area contributed by atoms with Crippen LogP contribution in [0.2, 0.25) is 0 Å². The maximum atomic E-state index is 9.12. The Labute approximate surface area is 53.9 Å². The summed E-state index contributed by atoms with van der Waals surface area (Å²) < 4.78 is 0. The summed E-state index contributed by atoms with van der Waals surface area (Å²) in [6.45, 7) is 0.767. The molecule has 1 aliphatic heterocycles. The molecule has 2 nitrogen and oxygen atoms in total. The number of nitrogens with zero attached hydrogens (tertiary/aromatic N) is 1. The summed E-state index contributed by atoms with van der Waals surface area (Å²) in [6, 6.07) is 0. The number of hydrogen-bond donors (Lipinski definition) is 1. The van der Waals surface area contributed by atoms with Gasteiger partial charge in [-0.2, -0.15) is 0 Å². The molecule has 0 aromatic heterocycles. The van der Waals surface area contributed by atoms with Crippen LogP contribution in [0, 0.1) is 5.92 Å². The summed E-state index contributed by atoms with van der Waals surface area (Å²) >= 11 is 0. The second kappa shape index (κ2) is 1.67. The first-order chi connectivity index (χ1) is 4.39. The van der Waals surface area contributed by atoms with E-state index in [9.17, 15) is 0 Å². The molecule has 0 radical (unpaired) electrons. The second-order valence-electron chi connectivity index (χ2n) is 2.54. The van der Waals surface area contributed by atoms with Crippen molar-refractivity contribution in [2.45, 2.75) is 12.5 Å². The molecule has 48 valence electrons. The lowest BCUT2D eigenvalue weighted by Gasteiger charge is -1.83. The highest BCUT2D eigenvalue weighted by molar-refractivity contribution is 5.62. The van der Waals surface area contributed by atoms with Gasteiger partial charge in [-0.3, -0.25) is 4.99 Å². The third kappa shape index (κ3) is 0.704. The van der Waals surface area contributed by atoms with E-state index in [0.29, 0.717) is 5.92 Å². The zero-order chi connectivity index (χ0) is 6.27. The maximum absolute atomic E-state index is 9.12. The van der Waals surface area contributed by atoms with E-state index < -0.39 is 0 Å². The van der Waals surface area contributed by atoms with E-state index in [2.05, 4.69) is 4.99 Å². The van der Waals surface area contributed by atoms with Crippen LogP contribution >= 0.6 is 0 Å². The normalized spacial score (nSPS) is 39.0. The molecule has 0 aromatic rings. The molecule has 1 aliphatic carbocycles. The SMILES string of the molecule is OC1C2=CCN=CCC21. The van der Waals surface area contributed by atoms with E-state index in [1.54, 1.807) is 0 Å². The molecule has 2 rings (SSSR count). The van der Waals surface area contributed by atoms with Gasteiger partial charge in [-0.1, -0.05) is 6.08 Å². The number of rotatable bonds is 0. The van der Waals surface area contributed by atoms with Gasteiger partial charge in [0.2, 0.25) is 0 Å². The molecular formula is C7H9NO. The van der Waals surface area contributed by atoms with Crippen LogP contribution in [-0.4, -0.2) is 24.0 Å². The van der Waals surface area contributed by atoms with E-state index in [-0.39, 0.29) is 6.10 Å². The molecule has 1 fully saturated rings. The number of aliphatic imine (C=N–C) groups is 1. The molecule has 1 heterocycles. The summed E-state index contributed by atoms with van der Waals surface area (Å²) in [7, 11) is 0. The molecule has 2 unspecified atom stereocenters. The topological polar surface area (TPSA) is 32.6 Å². The van der Waals surface area contributed by atoms with Gasteiger partial charge in [-0.25, -0.2) is 0 Å². The lowest BCUT2D eigenvalue weighted by Crippen LogP contribution is -1.86. The molecule has 9 heavy (non-hydrogen) atoms. The molecule has 1 N–H and O–H groups in total. The van der Waals surface area contributed by atoms with Crippen LogP contribution in [0.3, 0.4) is 0 Å². The average molecular weight is 123 g/mol. The van der Waals surface area contributed by atoms with E-state index >= 15 is 0 Å². The zero-order valence-electron chi connectivity index (χ0n) is 5.12. The third-order valence-electron chi connectivity index (χ3n) is 1.96. The van der Waals surface area contributed by atoms with Crippen molar-refractivity contribution in [2.24, 2.45) is 10.9 Å². The van der Waals surface area contributed by atoms with Gasteiger partial charge in [0.1, 0.15) is 0 Å². The summed E-state index contributed by atoms with van der Waals surface area (Å²) in [5.74, 6) is 0.427. The van der Waals surface area contributed by atoms with Gasteiger partial charge in [-0.05, 0) is 18.2 Å². The molecule has 0 saturated heterocycles. The first-order valence-electron chi connectivity index (χ1n) is 3.26. The van der Waals surface area contributed by atoms with Crippen LogP contribution in [-0.2, 0) is 0 Å². The molecule has 0 amide bonds. The minimum absolute atomic E-state index is 0.128. The van der Waals surface area contributed by atoms with Gasteiger partial charge >= 0.3 is 0 Å². The maximum Gasteiger partial charge on any atom is 0.0824 e. The highest BCUT2D eigenvalue weighted by atomic mass is 16.3. The highest BCUT2D eigenvalue weighted by Crippen LogP contribution is 2.40. The summed E-state index contributed by atoms with van der Waals surface area (Å²) in [5.41, 5.74) is 1.20. The molecule has 0 bridgehead atoms. The Morgan fingerprint density at radius 1 is 1.67 bits per heavy atom. The van der Waals surface area contributed by atoms with Crippen molar-refractivity contribution in [2.75, 3.05) is 6.54 Å². The molecule has 1 saturated carbocycles. The van der Waals surface area contributed by atoms with Gasteiger partial charge in [0.25, 0.3) is 0 Å². The predicted octanol–water partition coefficient (Wildman–Crippen LogP) is 0.378. The van der Waals surface area contributed by atoms with Crippen molar-refractivity contribution >= 4 is 6.21 Å². The molecule has 2 aliphatic rings. The van der Waals surface area contributed by atoms with Crippen molar-refractivity contribution < 1.29 is 5.11 Å². The first kappa shape index (κ1) is 5.18. The van der Waals surface area contributed by atoms with Gasteiger partial charge < -0.3 is 5.11 Å². The second-order valence-corrected chi connectivity index (χ2v) is 2.54. The van der Waals surface area contributed by atoms with E-state index in [1.807, 2.05) is 12.3 Å². The van der Waals surface area contributed by atoms with Crippen molar-refractivity contribution in [1.82, 2.24) is 0 Å². The molecule has 2 atom stereocenters. The third-order valence-corrected chi connectivity index (χ3v) is 1.96. The van der Waals surface area contributed by atoms with E-state index in [4.69, 9.17) is 5.11 Å². The quantitative estimate of drug-likeness (QED) is 0.464. The lowest BCUT2D eigenvalue weighted by atomic mass is 10.3. The predicted molar refractivity (Wildman–Crippen MR) is 35.6 cm³/mol. The van der Waals surface area contributed by atoms with Crippen LogP contribution in [0.1, 0.15) is 6.42 Å². The van der Waals surface area contributed by atoms with E-state index in [0.717, 1.165) is 13.0 Å². The van der Waals surface area contributed by atoms with Crippen LogP contribution in [0.5, 0.6) is 0 Å². The van der Waals surface area contributed by atoms with Crippen LogP contribution in [0.25, 0.3) is 0 Å². The van der Waals surface area contributed by atoms with Gasteiger partial charge in [0, 0.05) is 5.92 Å². The van der Waals surface area contributed by atoms with Crippen molar-refractivity contribution in [3.8, 4) is 0 Å². The number of aliphatic hydroxyl groups excluding tert-OH is 1. The number of fused-ring (bicyclic) bond motifs is 1. The Kier molecular flexibility index (Phi) is 0.963. The minimum atomic E-state index is -0.128. The van der Waals surface area contributed by atoms with Gasteiger partial charge in [0.05, 0.1) is 12.6 Å². The average Bonchev–Trinajstić information content (AvgIpc) is 2.51. The molecule has 2 heteroatoms. The zero-order valence-corrected chi connectivity index (χ0v) is 5.12. The van der Waals surface area contributed by atoms with Gasteiger partial charge in [-0.15, -0.1) is 0 Å². The van der Waals surface area contributed by atoms with Gasteiger partial charge in [0.15, 0.2) is 0 Å². The van der Waals surface area contributed by atoms with Crippen molar-refractivity contribution in [3.63, 3.8) is 0 Å². The standard InChI is InChI=1S/C7H9NO/c9-7-5-1-3-8-4-2-6(5)7/h1,4,6-7,9H,2-3H2. The molecule has 0 spiro atoms.